The topological polar surface area (TPSA) is 88.0 Å². The summed E-state index contributed by atoms with van der Waals surface area (Å²) in [6, 6.07) is 10.5. The van der Waals surface area contributed by atoms with Crippen molar-refractivity contribution in [1.29, 1.82) is 0 Å². The Hall–Kier alpha value is -3.28. The molecule has 0 aliphatic rings. The fourth-order valence-electron chi connectivity index (χ4n) is 1.89. The molecule has 3 heterocycles. The minimum absolute atomic E-state index is 0.0638. The number of hydrogen-bond acceptors (Lipinski definition) is 5. The van der Waals surface area contributed by atoms with E-state index < -0.39 is 0 Å². The fourth-order valence-corrected chi connectivity index (χ4v) is 1.89. The third-order valence-corrected chi connectivity index (χ3v) is 2.95. The predicted octanol–water partition coefficient (Wildman–Crippen LogP) is 2.50. The smallest absolute Gasteiger partial charge is 0.258 e. The minimum Gasteiger partial charge on any atom is -0.506 e. The van der Waals surface area contributed by atoms with E-state index in [2.05, 4.69) is 20.3 Å². The maximum Gasteiger partial charge on any atom is 0.258 e. The molecule has 6 heteroatoms. The van der Waals surface area contributed by atoms with Crippen LogP contribution in [0.25, 0.3) is 11.3 Å². The zero-order valence-corrected chi connectivity index (χ0v) is 11.5. The summed E-state index contributed by atoms with van der Waals surface area (Å²) in [6.45, 7) is 0. The van der Waals surface area contributed by atoms with Gasteiger partial charge in [0.15, 0.2) is 0 Å². The fraction of sp³-hybridized carbons (Fsp3) is 0. The molecule has 0 bridgehead atoms. The third-order valence-electron chi connectivity index (χ3n) is 2.95. The second kappa shape index (κ2) is 6.01. The van der Waals surface area contributed by atoms with Crippen LogP contribution in [-0.4, -0.2) is 26.0 Å². The maximum absolute atomic E-state index is 12.0. The SMILES string of the molecule is O=C(Nc1ccc(-c2ccccn2)cn1)c1cncc(O)c1. The maximum atomic E-state index is 12.0. The van der Waals surface area contributed by atoms with Gasteiger partial charge in [0.25, 0.3) is 5.91 Å². The van der Waals surface area contributed by atoms with Crippen molar-refractivity contribution in [3.05, 3.63) is 66.7 Å². The summed E-state index contributed by atoms with van der Waals surface area (Å²) >= 11 is 0. The first-order chi connectivity index (χ1) is 10.7. The highest BCUT2D eigenvalue weighted by molar-refractivity contribution is 6.03. The van der Waals surface area contributed by atoms with Gasteiger partial charge >= 0.3 is 0 Å². The van der Waals surface area contributed by atoms with Gasteiger partial charge in [-0.3, -0.25) is 14.8 Å². The van der Waals surface area contributed by atoms with Crippen molar-refractivity contribution in [2.75, 3.05) is 5.32 Å². The summed E-state index contributed by atoms with van der Waals surface area (Å²) in [6.07, 6.45) is 5.98. The number of hydrogen-bond donors (Lipinski definition) is 2. The molecule has 6 nitrogen and oxygen atoms in total. The van der Waals surface area contributed by atoms with Crippen LogP contribution >= 0.6 is 0 Å². The Morgan fingerprint density at radius 1 is 1.05 bits per heavy atom. The molecule has 3 aromatic rings. The molecule has 22 heavy (non-hydrogen) atoms. The molecule has 0 saturated carbocycles. The highest BCUT2D eigenvalue weighted by Gasteiger charge is 2.08. The molecule has 0 aromatic carbocycles. The van der Waals surface area contributed by atoms with Gasteiger partial charge in [-0.2, -0.15) is 0 Å². The summed E-state index contributed by atoms with van der Waals surface area (Å²) in [7, 11) is 0. The Kier molecular flexibility index (Phi) is 3.74. The molecule has 2 N–H and O–H groups in total. The van der Waals surface area contributed by atoms with Gasteiger partial charge in [-0.1, -0.05) is 6.07 Å². The van der Waals surface area contributed by atoms with E-state index >= 15 is 0 Å². The van der Waals surface area contributed by atoms with Crippen LogP contribution in [0.1, 0.15) is 10.4 Å². The van der Waals surface area contributed by atoms with Gasteiger partial charge in [0, 0.05) is 24.2 Å². The van der Waals surface area contributed by atoms with Crippen LogP contribution in [0, 0.1) is 0 Å². The van der Waals surface area contributed by atoms with Gasteiger partial charge in [0.05, 0.1) is 17.5 Å². The average Bonchev–Trinajstić information content (AvgIpc) is 2.56. The number of amides is 1. The summed E-state index contributed by atoms with van der Waals surface area (Å²) in [4.78, 5) is 24.2. The van der Waals surface area contributed by atoms with Gasteiger partial charge in [0.2, 0.25) is 0 Å². The number of carbonyl (C=O) groups is 1. The van der Waals surface area contributed by atoms with E-state index in [1.807, 2.05) is 24.3 Å². The standard InChI is InChI=1S/C16H12N4O2/c21-13-7-12(8-17-10-13)16(22)20-15-5-4-11(9-19-15)14-3-1-2-6-18-14/h1-10,21H,(H,19,20,22). The lowest BCUT2D eigenvalue weighted by atomic mass is 10.2. The van der Waals surface area contributed by atoms with Crippen LogP contribution in [-0.2, 0) is 0 Å². The van der Waals surface area contributed by atoms with Crippen molar-refractivity contribution in [3.63, 3.8) is 0 Å². The number of rotatable bonds is 3. The molecule has 0 radical (unpaired) electrons. The highest BCUT2D eigenvalue weighted by atomic mass is 16.3. The van der Waals surface area contributed by atoms with E-state index in [0.29, 0.717) is 5.82 Å². The molecule has 0 saturated heterocycles. The van der Waals surface area contributed by atoms with Gasteiger partial charge in [-0.25, -0.2) is 4.98 Å². The van der Waals surface area contributed by atoms with Crippen LogP contribution in [0.4, 0.5) is 5.82 Å². The second-order valence-electron chi connectivity index (χ2n) is 4.53. The van der Waals surface area contributed by atoms with Crippen LogP contribution < -0.4 is 5.32 Å². The summed E-state index contributed by atoms with van der Waals surface area (Å²) in [5.41, 5.74) is 1.93. The summed E-state index contributed by atoms with van der Waals surface area (Å²) in [5, 5.41) is 12.0. The molecule has 3 rings (SSSR count). The molecule has 0 atom stereocenters. The van der Waals surface area contributed by atoms with E-state index in [-0.39, 0.29) is 17.2 Å². The molecule has 1 amide bonds. The molecule has 0 spiro atoms. The van der Waals surface area contributed by atoms with Crippen LogP contribution in [0.5, 0.6) is 5.75 Å². The van der Waals surface area contributed by atoms with Crippen molar-refractivity contribution in [2.45, 2.75) is 0 Å². The summed E-state index contributed by atoms with van der Waals surface area (Å²) in [5.74, 6) is -0.0411. The van der Waals surface area contributed by atoms with Gasteiger partial charge in [-0.05, 0) is 30.3 Å². The van der Waals surface area contributed by atoms with Crippen LogP contribution in [0.15, 0.2) is 61.2 Å². The quantitative estimate of drug-likeness (QED) is 0.774. The van der Waals surface area contributed by atoms with Crippen molar-refractivity contribution in [3.8, 4) is 17.0 Å². The minimum atomic E-state index is -0.388. The van der Waals surface area contributed by atoms with E-state index in [9.17, 15) is 9.90 Å². The Morgan fingerprint density at radius 2 is 1.95 bits per heavy atom. The Balaban J connectivity index is 1.75. The number of pyridine rings is 3. The Morgan fingerprint density at radius 3 is 2.64 bits per heavy atom. The number of aromatic nitrogens is 3. The van der Waals surface area contributed by atoms with E-state index in [1.54, 1.807) is 18.5 Å². The molecule has 0 unspecified atom stereocenters. The lowest BCUT2D eigenvalue weighted by molar-refractivity contribution is 0.102. The van der Waals surface area contributed by atoms with Crippen molar-refractivity contribution < 1.29 is 9.90 Å². The van der Waals surface area contributed by atoms with Crippen molar-refractivity contribution in [2.24, 2.45) is 0 Å². The molecular formula is C16H12N4O2. The molecule has 0 fully saturated rings. The number of aromatic hydroxyl groups is 1. The Bertz CT molecular complexity index is 789. The first kappa shape index (κ1) is 13.7. The van der Waals surface area contributed by atoms with Crippen molar-refractivity contribution in [1.82, 2.24) is 15.0 Å². The Labute approximate surface area is 126 Å². The summed E-state index contributed by atoms with van der Waals surface area (Å²) < 4.78 is 0. The molecule has 0 aliphatic carbocycles. The number of nitrogens with one attached hydrogen (secondary N) is 1. The average molecular weight is 292 g/mol. The zero-order chi connectivity index (χ0) is 15.4. The van der Waals surface area contributed by atoms with Crippen LogP contribution in [0.2, 0.25) is 0 Å². The van der Waals surface area contributed by atoms with Gasteiger partial charge < -0.3 is 10.4 Å². The van der Waals surface area contributed by atoms with E-state index in [0.717, 1.165) is 11.3 Å². The molecular weight excluding hydrogens is 280 g/mol. The monoisotopic (exact) mass is 292 g/mol. The van der Waals surface area contributed by atoms with E-state index in [1.165, 1.54) is 18.5 Å². The number of nitrogens with zero attached hydrogens (tertiary/aromatic N) is 3. The largest absolute Gasteiger partial charge is 0.506 e. The van der Waals surface area contributed by atoms with Crippen molar-refractivity contribution >= 4 is 11.7 Å². The zero-order valence-electron chi connectivity index (χ0n) is 11.5. The highest BCUT2D eigenvalue weighted by Crippen LogP contribution is 2.17. The normalized spacial score (nSPS) is 10.2. The first-order valence-electron chi connectivity index (χ1n) is 6.55. The molecule has 108 valence electrons. The van der Waals surface area contributed by atoms with E-state index in [4.69, 9.17) is 0 Å². The number of anilines is 1. The van der Waals surface area contributed by atoms with Gasteiger partial charge in [0.1, 0.15) is 11.6 Å². The predicted molar refractivity (Wildman–Crippen MR) is 81.3 cm³/mol. The third kappa shape index (κ3) is 3.06. The van der Waals surface area contributed by atoms with Crippen LogP contribution in [0.3, 0.4) is 0 Å². The molecule has 3 aromatic heterocycles. The number of carbonyl (C=O) groups excluding carboxylic acids is 1. The lowest BCUT2D eigenvalue weighted by Crippen LogP contribution is -2.13. The second-order valence-corrected chi connectivity index (χ2v) is 4.53. The van der Waals surface area contributed by atoms with Gasteiger partial charge in [-0.15, -0.1) is 0 Å². The lowest BCUT2D eigenvalue weighted by Gasteiger charge is -2.05. The first-order valence-corrected chi connectivity index (χ1v) is 6.55. The molecule has 0 aliphatic heterocycles.